The maximum atomic E-state index is 12.5. The van der Waals surface area contributed by atoms with Crippen LogP contribution in [0.2, 0.25) is 0 Å². The van der Waals surface area contributed by atoms with E-state index in [9.17, 15) is 4.79 Å². The molecule has 2 aromatic carbocycles. The summed E-state index contributed by atoms with van der Waals surface area (Å²) in [5.74, 6) is 2.30. The quantitative estimate of drug-likeness (QED) is 0.643. The molecule has 3 aromatic rings. The smallest absolute Gasteiger partial charge is 0.317 e. The average Bonchev–Trinajstić information content (AvgIpc) is 3.10. The van der Waals surface area contributed by atoms with E-state index in [1.165, 1.54) is 0 Å². The number of fused-ring (bicyclic) bond motifs is 1. The minimum atomic E-state index is -0.211. The van der Waals surface area contributed by atoms with Gasteiger partial charge in [0.15, 0.2) is 0 Å². The first kappa shape index (κ1) is 21.2. The van der Waals surface area contributed by atoms with Gasteiger partial charge in [-0.25, -0.2) is 9.78 Å². The fourth-order valence-corrected chi connectivity index (χ4v) is 4.08. The number of likely N-dealkylation sites (tertiary alicyclic amines) is 1. The zero-order valence-corrected chi connectivity index (χ0v) is 18.7. The van der Waals surface area contributed by atoms with Crippen LogP contribution < -0.4 is 10.1 Å². The Kier molecular flexibility index (Phi) is 6.16. The van der Waals surface area contributed by atoms with Gasteiger partial charge in [-0.1, -0.05) is 30.3 Å². The number of nitrogens with one attached hydrogen (secondary N) is 1. The summed E-state index contributed by atoms with van der Waals surface area (Å²) >= 11 is 0. The number of para-hydroxylation sites is 3. The van der Waals surface area contributed by atoms with Gasteiger partial charge in [-0.05, 0) is 63.8 Å². The van der Waals surface area contributed by atoms with Crippen molar-refractivity contribution in [1.29, 1.82) is 0 Å². The number of amides is 2. The van der Waals surface area contributed by atoms with Gasteiger partial charge in [0.25, 0.3) is 0 Å². The number of carbonyl (C=O) groups is 1. The first-order valence-corrected chi connectivity index (χ1v) is 11.1. The molecule has 1 aliphatic rings. The molecule has 1 N–H and O–H groups in total. The molecule has 1 saturated heterocycles. The standard InChI is InChI=1S/C25H32N4O2/c1-25(2,3)27-24(30)28-15-13-19(14-16-28)17-29-22-12-8-7-11-21(22)26-23(29)18-31-20-9-5-4-6-10-20/h4-12,19H,13-18H2,1-3H3,(H,27,30). The van der Waals surface area contributed by atoms with Crippen LogP contribution in [0.4, 0.5) is 4.79 Å². The number of hydrogen-bond donors (Lipinski definition) is 1. The van der Waals surface area contributed by atoms with Crippen molar-refractivity contribution in [2.75, 3.05) is 13.1 Å². The summed E-state index contributed by atoms with van der Waals surface area (Å²) in [6.07, 6.45) is 1.98. The number of nitrogens with zero attached hydrogens (tertiary/aromatic N) is 3. The molecule has 0 radical (unpaired) electrons. The molecule has 0 spiro atoms. The Balaban J connectivity index is 1.44. The molecular weight excluding hydrogens is 388 g/mol. The number of benzene rings is 2. The van der Waals surface area contributed by atoms with Crippen LogP contribution in [-0.2, 0) is 13.2 Å². The molecule has 2 amide bonds. The van der Waals surface area contributed by atoms with E-state index in [-0.39, 0.29) is 11.6 Å². The van der Waals surface area contributed by atoms with Gasteiger partial charge in [0.2, 0.25) is 0 Å². The second-order valence-corrected chi connectivity index (χ2v) is 9.34. The summed E-state index contributed by atoms with van der Waals surface area (Å²) in [5, 5.41) is 3.07. The Morgan fingerprint density at radius 1 is 1.06 bits per heavy atom. The molecule has 6 nitrogen and oxygen atoms in total. The lowest BCUT2D eigenvalue weighted by atomic mass is 9.96. The molecule has 1 fully saturated rings. The van der Waals surface area contributed by atoms with Crippen LogP contribution in [0, 0.1) is 5.92 Å². The van der Waals surface area contributed by atoms with Crippen molar-refractivity contribution in [3.8, 4) is 5.75 Å². The van der Waals surface area contributed by atoms with Gasteiger partial charge < -0.3 is 19.5 Å². The van der Waals surface area contributed by atoms with Crippen molar-refractivity contribution in [2.45, 2.75) is 52.3 Å². The number of carbonyl (C=O) groups excluding carboxylic acids is 1. The maximum Gasteiger partial charge on any atom is 0.317 e. The summed E-state index contributed by atoms with van der Waals surface area (Å²) in [6, 6.07) is 18.2. The Labute approximate surface area is 184 Å². The zero-order valence-electron chi connectivity index (χ0n) is 18.7. The molecule has 2 heterocycles. The average molecular weight is 421 g/mol. The number of urea groups is 1. The topological polar surface area (TPSA) is 59.4 Å². The van der Waals surface area contributed by atoms with Crippen molar-refractivity contribution in [3.05, 3.63) is 60.4 Å². The molecule has 164 valence electrons. The van der Waals surface area contributed by atoms with Gasteiger partial charge >= 0.3 is 6.03 Å². The third-order valence-corrected chi connectivity index (χ3v) is 5.67. The fraction of sp³-hybridized carbons (Fsp3) is 0.440. The van der Waals surface area contributed by atoms with Crippen molar-refractivity contribution in [3.63, 3.8) is 0 Å². The van der Waals surface area contributed by atoms with Gasteiger partial charge in [0, 0.05) is 25.2 Å². The van der Waals surface area contributed by atoms with Crippen LogP contribution >= 0.6 is 0 Å². The molecule has 0 unspecified atom stereocenters. The highest BCUT2D eigenvalue weighted by atomic mass is 16.5. The predicted octanol–water partition coefficient (Wildman–Crippen LogP) is 4.84. The van der Waals surface area contributed by atoms with Crippen LogP contribution in [0.15, 0.2) is 54.6 Å². The van der Waals surface area contributed by atoms with E-state index in [1.54, 1.807) is 0 Å². The Morgan fingerprint density at radius 2 is 1.74 bits per heavy atom. The van der Waals surface area contributed by atoms with Gasteiger partial charge in [-0.15, -0.1) is 0 Å². The van der Waals surface area contributed by atoms with Crippen LogP contribution in [0.25, 0.3) is 11.0 Å². The lowest BCUT2D eigenvalue weighted by molar-refractivity contribution is 0.158. The molecule has 0 aliphatic carbocycles. The molecule has 1 aromatic heterocycles. The molecular formula is C25H32N4O2. The van der Waals surface area contributed by atoms with E-state index >= 15 is 0 Å². The van der Waals surface area contributed by atoms with E-state index in [2.05, 4.69) is 28.1 Å². The maximum absolute atomic E-state index is 12.5. The molecule has 4 rings (SSSR count). The number of rotatable bonds is 5. The highest BCUT2D eigenvalue weighted by molar-refractivity contribution is 5.76. The summed E-state index contributed by atoms with van der Waals surface area (Å²) in [4.78, 5) is 19.2. The van der Waals surface area contributed by atoms with Crippen molar-refractivity contribution in [2.24, 2.45) is 5.92 Å². The van der Waals surface area contributed by atoms with E-state index < -0.39 is 0 Å². The first-order valence-electron chi connectivity index (χ1n) is 11.1. The Bertz CT molecular complexity index is 1010. The Hall–Kier alpha value is -3.02. The zero-order chi connectivity index (χ0) is 21.8. The number of piperidine rings is 1. The van der Waals surface area contributed by atoms with Crippen LogP contribution in [-0.4, -0.2) is 39.1 Å². The summed E-state index contributed by atoms with van der Waals surface area (Å²) in [7, 11) is 0. The monoisotopic (exact) mass is 420 g/mol. The first-order chi connectivity index (χ1) is 14.9. The van der Waals surface area contributed by atoms with Gasteiger partial charge in [-0.2, -0.15) is 0 Å². The molecule has 31 heavy (non-hydrogen) atoms. The van der Waals surface area contributed by atoms with E-state index in [0.717, 1.165) is 55.1 Å². The molecule has 0 saturated carbocycles. The molecule has 0 atom stereocenters. The Morgan fingerprint density at radius 3 is 2.45 bits per heavy atom. The minimum Gasteiger partial charge on any atom is -0.486 e. The number of ether oxygens (including phenoxy) is 1. The minimum absolute atomic E-state index is 0.0379. The molecule has 6 heteroatoms. The van der Waals surface area contributed by atoms with Crippen molar-refractivity contribution >= 4 is 17.1 Å². The van der Waals surface area contributed by atoms with Crippen molar-refractivity contribution < 1.29 is 9.53 Å². The largest absolute Gasteiger partial charge is 0.486 e. The van der Waals surface area contributed by atoms with Crippen LogP contribution in [0.3, 0.4) is 0 Å². The van der Waals surface area contributed by atoms with Crippen LogP contribution in [0.1, 0.15) is 39.4 Å². The normalized spacial score (nSPS) is 15.3. The van der Waals surface area contributed by atoms with Gasteiger partial charge in [0.05, 0.1) is 11.0 Å². The number of imidazole rings is 1. The summed E-state index contributed by atoms with van der Waals surface area (Å²) in [5.41, 5.74) is 1.93. The van der Waals surface area contributed by atoms with E-state index in [4.69, 9.17) is 9.72 Å². The molecule has 1 aliphatic heterocycles. The lowest BCUT2D eigenvalue weighted by Gasteiger charge is -2.34. The van der Waals surface area contributed by atoms with Gasteiger partial charge in [-0.3, -0.25) is 0 Å². The third kappa shape index (κ3) is 5.37. The SMILES string of the molecule is CC(C)(C)NC(=O)N1CCC(Cn2c(COc3ccccc3)nc3ccccc32)CC1. The fourth-order valence-electron chi connectivity index (χ4n) is 4.08. The van der Waals surface area contributed by atoms with E-state index in [1.807, 2.05) is 62.1 Å². The van der Waals surface area contributed by atoms with E-state index in [0.29, 0.717) is 12.5 Å². The highest BCUT2D eigenvalue weighted by Gasteiger charge is 2.26. The second kappa shape index (κ2) is 9.00. The second-order valence-electron chi connectivity index (χ2n) is 9.34. The van der Waals surface area contributed by atoms with Gasteiger partial charge in [0.1, 0.15) is 18.2 Å². The highest BCUT2D eigenvalue weighted by Crippen LogP contribution is 2.24. The predicted molar refractivity (Wildman–Crippen MR) is 123 cm³/mol. The summed E-state index contributed by atoms with van der Waals surface area (Å²) < 4.78 is 8.30. The summed E-state index contributed by atoms with van der Waals surface area (Å²) in [6.45, 7) is 8.95. The number of hydrogen-bond acceptors (Lipinski definition) is 3. The third-order valence-electron chi connectivity index (χ3n) is 5.67. The lowest BCUT2D eigenvalue weighted by Crippen LogP contribution is -2.50. The van der Waals surface area contributed by atoms with Crippen molar-refractivity contribution in [1.82, 2.24) is 19.8 Å². The number of aromatic nitrogens is 2. The van der Waals surface area contributed by atoms with Crippen LogP contribution in [0.5, 0.6) is 5.75 Å². The molecule has 0 bridgehead atoms.